The van der Waals surface area contributed by atoms with Crippen molar-refractivity contribution in [3.63, 3.8) is 0 Å². The average Bonchev–Trinajstić information content (AvgIpc) is 2.38. The summed E-state index contributed by atoms with van der Waals surface area (Å²) in [5, 5.41) is 9.66. The molecule has 0 aliphatic rings. The fourth-order valence-corrected chi connectivity index (χ4v) is 1.96. The average molecular weight is 260 g/mol. The van der Waals surface area contributed by atoms with Gasteiger partial charge in [0.25, 0.3) is 0 Å². The van der Waals surface area contributed by atoms with Gasteiger partial charge in [0.2, 0.25) is 0 Å². The van der Waals surface area contributed by atoms with Crippen molar-refractivity contribution in [3.05, 3.63) is 0 Å². The van der Waals surface area contributed by atoms with Crippen molar-refractivity contribution in [2.75, 3.05) is 26.9 Å². The van der Waals surface area contributed by atoms with E-state index in [1.54, 1.807) is 7.11 Å². The lowest BCUT2D eigenvalue weighted by Gasteiger charge is -2.10. The number of hydrogen-bond acceptors (Lipinski definition) is 3. The molecule has 0 saturated carbocycles. The molecule has 18 heavy (non-hydrogen) atoms. The van der Waals surface area contributed by atoms with Gasteiger partial charge >= 0.3 is 0 Å². The first-order chi connectivity index (χ1) is 8.81. The third kappa shape index (κ3) is 13.9. The molecule has 3 heteroatoms. The molecule has 0 saturated heterocycles. The van der Waals surface area contributed by atoms with Crippen molar-refractivity contribution in [1.29, 1.82) is 0 Å². The molecule has 0 aromatic heterocycles. The molecule has 0 rings (SSSR count). The summed E-state index contributed by atoms with van der Waals surface area (Å²) in [6.07, 6.45) is 11.0. The Hall–Kier alpha value is -0.120. The standard InChI is InChI=1S/C15H32O3/c1-3-4-5-6-7-8-9-10-11-15(16)14-18-13-12-17-2/h15-16H,3-14H2,1-2H3. The summed E-state index contributed by atoms with van der Waals surface area (Å²) in [7, 11) is 1.65. The summed E-state index contributed by atoms with van der Waals surface area (Å²) in [6.45, 7) is 3.87. The second-order valence-corrected chi connectivity index (χ2v) is 4.99. The van der Waals surface area contributed by atoms with E-state index in [4.69, 9.17) is 9.47 Å². The van der Waals surface area contributed by atoms with Crippen LogP contribution in [0.5, 0.6) is 0 Å². The van der Waals surface area contributed by atoms with Gasteiger partial charge in [0.1, 0.15) is 0 Å². The van der Waals surface area contributed by atoms with Gasteiger partial charge in [-0.2, -0.15) is 0 Å². The molecule has 0 aromatic carbocycles. The highest BCUT2D eigenvalue weighted by atomic mass is 16.5. The van der Waals surface area contributed by atoms with E-state index in [1.807, 2.05) is 0 Å². The van der Waals surface area contributed by atoms with E-state index in [1.165, 1.54) is 44.9 Å². The predicted octanol–water partition coefficient (Wildman–Crippen LogP) is 3.54. The van der Waals surface area contributed by atoms with Crippen molar-refractivity contribution >= 4 is 0 Å². The topological polar surface area (TPSA) is 38.7 Å². The summed E-state index contributed by atoms with van der Waals surface area (Å²) in [5.74, 6) is 0. The van der Waals surface area contributed by atoms with Gasteiger partial charge in [-0.25, -0.2) is 0 Å². The largest absolute Gasteiger partial charge is 0.391 e. The Morgan fingerprint density at radius 2 is 1.50 bits per heavy atom. The molecule has 0 radical (unpaired) electrons. The monoisotopic (exact) mass is 260 g/mol. The van der Waals surface area contributed by atoms with Crippen molar-refractivity contribution in [2.24, 2.45) is 0 Å². The van der Waals surface area contributed by atoms with E-state index in [9.17, 15) is 5.11 Å². The van der Waals surface area contributed by atoms with Crippen LogP contribution in [-0.4, -0.2) is 38.1 Å². The van der Waals surface area contributed by atoms with Crippen LogP contribution >= 0.6 is 0 Å². The third-order valence-electron chi connectivity index (χ3n) is 3.13. The highest BCUT2D eigenvalue weighted by molar-refractivity contribution is 4.55. The predicted molar refractivity (Wildman–Crippen MR) is 75.9 cm³/mol. The Labute approximate surface area is 113 Å². The summed E-state index contributed by atoms with van der Waals surface area (Å²) in [6, 6.07) is 0. The molecule has 1 atom stereocenters. The van der Waals surface area contributed by atoms with Crippen LogP contribution in [0.15, 0.2) is 0 Å². The van der Waals surface area contributed by atoms with E-state index in [0.29, 0.717) is 19.8 Å². The number of aliphatic hydroxyl groups is 1. The highest BCUT2D eigenvalue weighted by Gasteiger charge is 2.03. The van der Waals surface area contributed by atoms with Gasteiger partial charge in [-0.3, -0.25) is 0 Å². The molecular formula is C15H32O3. The number of rotatable bonds is 14. The minimum absolute atomic E-state index is 0.304. The number of unbranched alkanes of at least 4 members (excludes halogenated alkanes) is 7. The lowest BCUT2D eigenvalue weighted by molar-refractivity contribution is 0.00954. The Bertz CT molecular complexity index is 151. The minimum Gasteiger partial charge on any atom is -0.391 e. The van der Waals surface area contributed by atoms with E-state index in [0.717, 1.165) is 12.8 Å². The highest BCUT2D eigenvalue weighted by Crippen LogP contribution is 2.10. The second kappa shape index (κ2) is 14.9. The number of methoxy groups -OCH3 is 1. The van der Waals surface area contributed by atoms with Crippen LogP contribution < -0.4 is 0 Å². The molecule has 1 unspecified atom stereocenters. The van der Waals surface area contributed by atoms with Crippen molar-refractivity contribution in [1.82, 2.24) is 0 Å². The number of hydrogen-bond donors (Lipinski definition) is 1. The Morgan fingerprint density at radius 3 is 2.11 bits per heavy atom. The van der Waals surface area contributed by atoms with Crippen LogP contribution in [0.4, 0.5) is 0 Å². The molecular weight excluding hydrogens is 228 g/mol. The van der Waals surface area contributed by atoms with Gasteiger partial charge < -0.3 is 14.6 Å². The summed E-state index contributed by atoms with van der Waals surface area (Å²) in [5.41, 5.74) is 0. The van der Waals surface area contributed by atoms with Gasteiger partial charge in [-0.15, -0.1) is 0 Å². The molecule has 0 aromatic rings. The van der Waals surface area contributed by atoms with Crippen LogP contribution in [0.2, 0.25) is 0 Å². The van der Waals surface area contributed by atoms with Crippen LogP contribution in [0, 0.1) is 0 Å². The van der Waals surface area contributed by atoms with Gasteiger partial charge in [0, 0.05) is 7.11 Å². The molecule has 0 heterocycles. The first-order valence-electron chi connectivity index (χ1n) is 7.56. The lowest BCUT2D eigenvalue weighted by atomic mass is 10.1. The first-order valence-corrected chi connectivity index (χ1v) is 7.56. The van der Waals surface area contributed by atoms with Gasteiger partial charge in [0.15, 0.2) is 0 Å². The van der Waals surface area contributed by atoms with Crippen molar-refractivity contribution < 1.29 is 14.6 Å². The van der Waals surface area contributed by atoms with E-state index in [-0.39, 0.29) is 6.10 Å². The zero-order chi connectivity index (χ0) is 13.5. The maximum atomic E-state index is 9.66. The molecule has 0 aliphatic carbocycles. The van der Waals surface area contributed by atoms with Gasteiger partial charge in [-0.1, -0.05) is 58.3 Å². The Morgan fingerprint density at radius 1 is 0.889 bits per heavy atom. The normalized spacial score (nSPS) is 12.8. The lowest BCUT2D eigenvalue weighted by Crippen LogP contribution is -2.16. The van der Waals surface area contributed by atoms with Crippen LogP contribution in [-0.2, 0) is 9.47 Å². The Balaban J connectivity index is 3.08. The van der Waals surface area contributed by atoms with Gasteiger partial charge in [0.05, 0.1) is 25.9 Å². The molecule has 0 fully saturated rings. The minimum atomic E-state index is -0.304. The first kappa shape index (κ1) is 17.9. The smallest absolute Gasteiger partial charge is 0.0773 e. The van der Waals surface area contributed by atoms with E-state index >= 15 is 0 Å². The SMILES string of the molecule is CCCCCCCCCCC(O)COCCOC. The zero-order valence-electron chi connectivity index (χ0n) is 12.3. The molecule has 1 N–H and O–H groups in total. The molecule has 0 aliphatic heterocycles. The molecule has 0 bridgehead atoms. The maximum Gasteiger partial charge on any atom is 0.0773 e. The summed E-state index contributed by atoms with van der Waals surface area (Å²) >= 11 is 0. The second-order valence-electron chi connectivity index (χ2n) is 4.99. The van der Waals surface area contributed by atoms with E-state index in [2.05, 4.69) is 6.92 Å². The molecule has 0 amide bonds. The third-order valence-corrected chi connectivity index (χ3v) is 3.13. The van der Waals surface area contributed by atoms with Crippen molar-refractivity contribution in [2.45, 2.75) is 70.8 Å². The molecule has 0 spiro atoms. The zero-order valence-corrected chi connectivity index (χ0v) is 12.3. The molecule has 3 nitrogen and oxygen atoms in total. The fraction of sp³-hybridized carbons (Fsp3) is 1.00. The summed E-state index contributed by atoms with van der Waals surface area (Å²) in [4.78, 5) is 0. The number of aliphatic hydroxyl groups excluding tert-OH is 1. The molecule has 110 valence electrons. The van der Waals surface area contributed by atoms with E-state index < -0.39 is 0 Å². The maximum absolute atomic E-state index is 9.66. The summed E-state index contributed by atoms with van der Waals surface area (Å²) < 4.78 is 10.2. The Kier molecular flexibility index (Phi) is 14.8. The van der Waals surface area contributed by atoms with Crippen LogP contribution in [0.3, 0.4) is 0 Å². The quantitative estimate of drug-likeness (QED) is 0.485. The van der Waals surface area contributed by atoms with Crippen LogP contribution in [0.25, 0.3) is 0 Å². The fourth-order valence-electron chi connectivity index (χ4n) is 1.96. The van der Waals surface area contributed by atoms with Gasteiger partial charge in [-0.05, 0) is 6.42 Å². The number of ether oxygens (including phenoxy) is 2. The van der Waals surface area contributed by atoms with Crippen LogP contribution in [0.1, 0.15) is 64.7 Å². The van der Waals surface area contributed by atoms with Crippen molar-refractivity contribution in [3.8, 4) is 0 Å².